The molecule has 1 aromatic rings. The first-order valence-electron chi connectivity index (χ1n) is 4.02. The zero-order chi connectivity index (χ0) is 10.1. The van der Waals surface area contributed by atoms with Crippen LogP contribution in [0.15, 0.2) is 18.2 Å². The van der Waals surface area contributed by atoms with Gasteiger partial charge in [0.2, 0.25) is 12.3 Å². The van der Waals surface area contributed by atoms with Crippen LogP contribution in [-0.2, 0) is 9.59 Å². The molecule has 0 aliphatic carbocycles. The molecule has 1 aliphatic heterocycles. The summed E-state index contributed by atoms with van der Waals surface area (Å²) in [6, 6.07) is 5.10. The SMILES string of the molecule is O=CN1CC(=O)Nc2cccc(Cl)c21. The van der Waals surface area contributed by atoms with Crippen LogP contribution in [0.1, 0.15) is 0 Å². The highest BCUT2D eigenvalue weighted by molar-refractivity contribution is 6.35. The van der Waals surface area contributed by atoms with Crippen LogP contribution in [0.2, 0.25) is 5.02 Å². The van der Waals surface area contributed by atoms with Crippen LogP contribution in [0.4, 0.5) is 11.4 Å². The molecule has 0 saturated heterocycles. The summed E-state index contributed by atoms with van der Waals surface area (Å²) in [6.07, 6.45) is 0.601. The molecule has 1 heterocycles. The molecule has 1 aromatic carbocycles. The van der Waals surface area contributed by atoms with Crippen molar-refractivity contribution in [2.24, 2.45) is 0 Å². The Balaban J connectivity index is 2.56. The van der Waals surface area contributed by atoms with E-state index in [-0.39, 0.29) is 12.5 Å². The van der Waals surface area contributed by atoms with Crippen LogP contribution >= 0.6 is 11.6 Å². The largest absolute Gasteiger partial charge is 0.323 e. The Kier molecular flexibility index (Phi) is 2.13. The third-order valence-electron chi connectivity index (χ3n) is 1.99. The number of fused-ring (bicyclic) bond motifs is 1. The Morgan fingerprint density at radius 1 is 1.50 bits per heavy atom. The van der Waals surface area contributed by atoms with E-state index in [1.165, 1.54) is 4.90 Å². The van der Waals surface area contributed by atoms with Crippen molar-refractivity contribution in [3.05, 3.63) is 23.2 Å². The molecule has 5 heteroatoms. The van der Waals surface area contributed by atoms with E-state index in [1.807, 2.05) is 0 Å². The normalized spacial score (nSPS) is 14.6. The number of amides is 2. The second-order valence-electron chi connectivity index (χ2n) is 2.92. The lowest BCUT2D eigenvalue weighted by atomic mass is 10.2. The van der Waals surface area contributed by atoms with Crippen molar-refractivity contribution in [2.75, 3.05) is 16.8 Å². The lowest BCUT2D eigenvalue weighted by molar-refractivity contribution is -0.117. The predicted molar refractivity (Wildman–Crippen MR) is 53.5 cm³/mol. The Bertz CT molecular complexity index is 406. The van der Waals surface area contributed by atoms with Crippen molar-refractivity contribution in [1.29, 1.82) is 0 Å². The molecule has 1 N–H and O–H groups in total. The van der Waals surface area contributed by atoms with Crippen molar-refractivity contribution in [3.63, 3.8) is 0 Å². The maximum atomic E-state index is 11.2. The van der Waals surface area contributed by atoms with Gasteiger partial charge in [-0.15, -0.1) is 0 Å². The van der Waals surface area contributed by atoms with Crippen LogP contribution in [0.3, 0.4) is 0 Å². The molecule has 0 spiro atoms. The fraction of sp³-hybridized carbons (Fsp3) is 0.111. The van der Waals surface area contributed by atoms with E-state index in [1.54, 1.807) is 18.2 Å². The van der Waals surface area contributed by atoms with Crippen LogP contribution in [0.5, 0.6) is 0 Å². The highest BCUT2D eigenvalue weighted by atomic mass is 35.5. The van der Waals surface area contributed by atoms with Gasteiger partial charge in [0, 0.05) is 0 Å². The number of carbonyl (C=O) groups excluding carboxylic acids is 2. The van der Waals surface area contributed by atoms with E-state index < -0.39 is 0 Å². The smallest absolute Gasteiger partial charge is 0.244 e. The van der Waals surface area contributed by atoms with Crippen LogP contribution in [0, 0.1) is 0 Å². The number of carbonyl (C=O) groups is 2. The summed E-state index contributed by atoms with van der Waals surface area (Å²) in [6.45, 7) is 0.0141. The minimum Gasteiger partial charge on any atom is -0.323 e. The molecule has 72 valence electrons. The van der Waals surface area contributed by atoms with Gasteiger partial charge in [-0.25, -0.2) is 0 Å². The van der Waals surface area contributed by atoms with Gasteiger partial charge in [0.25, 0.3) is 0 Å². The molecule has 0 atom stereocenters. The van der Waals surface area contributed by atoms with Crippen LogP contribution in [-0.4, -0.2) is 18.9 Å². The fourth-order valence-corrected chi connectivity index (χ4v) is 1.70. The number of rotatable bonds is 1. The molecule has 0 fully saturated rings. The average molecular weight is 211 g/mol. The minimum atomic E-state index is -0.216. The molecule has 2 amide bonds. The second kappa shape index (κ2) is 3.31. The third-order valence-corrected chi connectivity index (χ3v) is 2.29. The molecule has 0 bridgehead atoms. The van der Waals surface area contributed by atoms with Gasteiger partial charge in [0.15, 0.2) is 0 Å². The molecule has 1 aliphatic rings. The van der Waals surface area contributed by atoms with Crippen molar-refractivity contribution >= 4 is 35.3 Å². The molecule has 0 aromatic heterocycles. The summed E-state index contributed by atoms with van der Waals surface area (Å²) in [5.74, 6) is -0.216. The average Bonchev–Trinajstić information content (AvgIpc) is 2.16. The molecule has 14 heavy (non-hydrogen) atoms. The highest BCUT2D eigenvalue weighted by Gasteiger charge is 2.23. The number of hydrogen-bond acceptors (Lipinski definition) is 2. The molecule has 0 saturated carbocycles. The minimum absolute atomic E-state index is 0.0141. The topological polar surface area (TPSA) is 49.4 Å². The number of benzene rings is 1. The van der Waals surface area contributed by atoms with E-state index in [9.17, 15) is 9.59 Å². The summed E-state index contributed by atoms with van der Waals surface area (Å²) in [5, 5.41) is 3.09. The second-order valence-corrected chi connectivity index (χ2v) is 3.32. The lowest BCUT2D eigenvalue weighted by Gasteiger charge is -2.26. The quantitative estimate of drug-likeness (QED) is 0.710. The van der Waals surface area contributed by atoms with Crippen molar-refractivity contribution < 1.29 is 9.59 Å². The van der Waals surface area contributed by atoms with Gasteiger partial charge in [0.1, 0.15) is 6.54 Å². The van der Waals surface area contributed by atoms with Gasteiger partial charge >= 0.3 is 0 Å². The Labute approximate surface area is 85.5 Å². The van der Waals surface area contributed by atoms with Gasteiger partial charge in [-0.3, -0.25) is 9.59 Å². The first kappa shape index (κ1) is 9.02. The number of nitrogens with one attached hydrogen (secondary N) is 1. The summed E-state index contributed by atoms with van der Waals surface area (Å²) < 4.78 is 0. The predicted octanol–water partition coefficient (Wildman–Crippen LogP) is 1.25. The number of hydrogen-bond donors (Lipinski definition) is 1. The molecular formula is C9H7ClN2O2. The van der Waals surface area contributed by atoms with E-state index in [0.29, 0.717) is 22.8 Å². The summed E-state index contributed by atoms with van der Waals surface area (Å²) in [4.78, 5) is 23.1. The van der Waals surface area contributed by atoms with Gasteiger partial charge < -0.3 is 10.2 Å². The zero-order valence-electron chi connectivity index (χ0n) is 7.16. The van der Waals surface area contributed by atoms with Crippen molar-refractivity contribution in [2.45, 2.75) is 0 Å². The Hall–Kier alpha value is -1.55. The first-order valence-corrected chi connectivity index (χ1v) is 4.40. The fourth-order valence-electron chi connectivity index (χ4n) is 1.42. The molecule has 4 nitrogen and oxygen atoms in total. The van der Waals surface area contributed by atoms with E-state index in [2.05, 4.69) is 5.32 Å². The maximum Gasteiger partial charge on any atom is 0.244 e. The molecular weight excluding hydrogens is 204 g/mol. The standard InChI is InChI=1S/C9H7ClN2O2/c10-6-2-1-3-7-9(6)12(5-13)4-8(14)11-7/h1-3,5H,4H2,(H,11,14). The number of halogens is 1. The van der Waals surface area contributed by atoms with E-state index in [0.717, 1.165) is 0 Å². The number of nitrogens with zero attached hydrogens (tertiary/aromatic N) is 1. The Morgan fingerprint density at radius 2 is 2.29 bits per heavy atom. The monoisotopic (exact) mass is 210 g/mol. The number of anilines is 2. The van der Waals surface area contributed by atoms with Gasteiger partial charge in [-0.05, 0) is 12.1 Å². The molecule has 0 unspecified atom stereocenters. The summed E-state index contributed by atoms with van der Waals surface area (Å²) in [5.41, 5.74) is 1.13. The van der Waals surface area contributed by atoms with Gasteiger partial charge in [-0.1, -0.05) is 17.7 Å². The van der Waals surface area contributed by atoms with Crippen molar-refractivity contribution in [3.8, 4) is 0 Å². The summed E-state index contributed by atoms with van der Waals surface area (Å²) >= 11 is 5.91. The molecule has 0 radical (unpaired) electrons. The van der Waals surface area contributed by atoms with Crippen molar-refractivity contribution in [1.82, 2.24) is 0 Å². The van der Waals surface area contributed by atoms with Crippen LogP contribution < -0.4 is 10.2 Å². The third kappa shape index (κ3) is 1.33. The molecule has 2 rings (SSSR count). The number of para-hydroxylation sites is 1. The highest BCUT2D eigenvalue weighted by Crippen LogP contribution is 2.35. The van der Waals surface area contributed by atoms with E-state index in [4.69, 9.17) is 11.6 Å². The Morgan fingerprint density at radius 3 is 3.00 bits per heavy atom. The summed E-state index contributed by atoms with van der Waals surface area (Å²) in [7, 11) is 0. The van der Waals surface area contributed by atoms with Gasteiger partial charge in [-0.2, -0.15) is 0 Å². The zero-order valence-corrected chi connectivity index (χ0v) is 7.91. The van der Waals surface area contributed by atoms with Gasteiger partial charge in [0.05, 0.1) is 16.4 Å². The first-order chi connectivity index (χ1) is 6.72. The van der Waals surface area contributed by atoms with E-state index >= 15 is 0 Å². The lowest BCUT2D eigenvalue weighted by Crippen LogP contribution is -2.37. The van der Waals surface area contributed by atoms with Crippen LogP contribution in [0.25, 0.3) is 0 Å². The maximum absolute atomic E-state index is 11.2.